The van der Waals surface area contributed by atoms with E-state index in [0.717, 1.165) is 41.6 Å². The highest BCUT2D eigenvalue weighted by Crippen LogP contribution is 2.59. The second-order valence-electron chi connectivity index (χ2n) is 14.3. The zero-order chi connectivity index (χ0) is 33.9. The van der Waals surface area contributed by atoms with Crippen LogP contribution < -0.4 is 9.86 Å². The van der Waals surface area contributed by atoms with Crippen LogP contribution in [0.15, 0.2) is 122 Å². The minimum absolute atomic E-state index is 0.898. The number of anilines is 2. The standard InChI is InChI=1S/C43H46NO2PSSi/c1-7-26-48(4,8-2)38-28-30-18-10-14-22-34(30)40-41-35-23-15-11-19-31(35)29-39(49(5,6)9-3)43(41)46-47(45-42(38)40)44-36-24-16-12-20-32(36)27-33-21-13-17-25-37(33)44/h10-25,28-29H,7-9,26-27H2,1-6H3. The Bertz CT molecular complexity index is 2390. The van der Waals surface area contributed by atoms with E-state index in [9.17, 15) is 0 Å². The van der Waals surface area contributed by atoms with E-state index in [2.05, 4.69) is 154 Å². The predicted molar refractivity (Wildman–Crippen MR) is 220 cm³/mol. The zero-order valence-electron chi connectivity index (χ0n) is 29.5. The van der Waals surface area contributed by atoms with E-state index in [4.69, 9.17) is 8.39 Å². The van der Waals surface area contributed by atoms with Crippen LogP contribution >= 0.6 is 18.2 Å². The van der Waals surface area contributed by atoms with Crippen molar-refractivity contribution in [1.82, 2.24) is 0 Å². The Kier molecular flexibility index (Phi) is 8.22. The van der Waals surface area contributed by atoms with Crippen LogP contribution in [0.3, 0.4) is 0 Å². The smallest absolute Gasteiger partial charge is 0.346 e. The fourth-order valence-electron chi connectivity index (χ4n) is 7.73. The summed E-state index contributed by atoms with van der Waals surface area (Å²) in [7, 11) is -4.80. The lowest BCUT2D eigenvalue weighted by Gasteiger charge is -2.35. The van der Waals surface area contributed by atoms with Crippen LogP contribution in [0, 0.1) is 0 Å². The van der Waals surface area contributed by atoms with E-state index in [-0.39, 0.29) is 0 Å². The van der Waals surface area contributed by atoms with Crippen LogP contribution in [-0.2, 0) is 6.42 Å². The van der Waals surface area contributed by atoms with Gasteiger partial charge in [-0.2, -0.15) is 0 Å². The van der Waals surface area contributed by atoms with Gasteiger partial charge in [0.1, 0.15) is 5.58 Å². The Labute approximate surface area is 293 Å². The van der Waals surface area contributed by atoms with Crippen molar-refractivity contribution in [1.29, 1.82) is 0 Å². The Balaban J connectivity index is 1.68. The number of nitrogens with zero attached hydrogens (tertiary/aromatic N) is 1. The molecule has 1 aromatic heterocycles. The largest absolute Gasteiger partial charge is 0.404 e. The first-order valence-corrected chi connectivity index (χ1v) is 24.5. The zero-order valence-corrected chi connectivity index (χ0v) is 32.3. The van der Waals surface area contributed by atoms with Crippen LogP contribution in [0.1, 0.15) is 38.3 Å². The molecular weight excluding hydrogens is 654 g/mol. The van der Waals surface area contributed by atoms with E-state index in [1.165, 1.54) is 64.9 Å². The molecule has 49 heavy (non-hydrogen) atoms. The molecule has 2 unspecified atom stereocenters. The number of rotatable bonds is 7. The number of fused-ring (bicyclic) bond motifs is 9. The molecule has 6 heteroatoms. The van der Waals surface area contributed by atoms with Gasteiger partial charge in [0, 0.05) is 22.1 Å². The first-order valence-electron chi connectivity index (χ1n) is 17.8. The summed E-state index contributed by atoms with van der Waals surface area (Å²) in [6.45, 7) is 12.0. The van der Waals surface area contributed by atoms with Crippen molar-refractivity contribution < 1.29 is 8.39 Å². The normalized spacial score (nSPS) is 15.3. The lowest BCUT2D eigenvalue weighted by Crippen LogP contribution is -2.40. The molecule has 0 spiro atoms. The second-order valence-corrected chi connectivity index (χ2v) is 24.5. The van der Waals surface area contributed by atoms with Gasteiger partial charge in [-0.15, -0.1) is 0 Å². The van der Waals surface area contributed by atoms with Gasteiger partial charge < -0.3 is 8.39 Å². The first-order chi connectivity index (χ1) is 23.8. The molecule has 1 aliphatic heterocycles. The second kappa shape index (κ2) is 12.5. The van der Waals surface area contributed by atoms with E-state index in [0.29, 0.717) is 0 Å². The van der Waals surface area contributed by atoms with Crippen molar-refractivity contribution in [2.24, 2.45) is 0 Å². The lowest BCUT2D eigenvalue weighted by atomic mass is 9.97. The topological polar surface area (TPSA) is 29.5 Å². The van der Waals surface area contributed by atoms with Crippen molar-refractivity contribution in [3.05, 3.63) is 120 Å². The molecule has 0 saturated heterocycles. The summed E-state index contributed by atoms with van der Waals surface area (Å²) in [6.07, 6.45) is 4.56. The molecule has 0 saturated carbocycles. The predicted octanol–water partition coefficient (Wildman–Crippen LogP) is 13.3. The Morgan fingerprint density at radius 1 is 0.694 bits per heavy atom. The van der Waals surface area contributed by atoms with Gasteiger partial charge in [-0.1, -0.05) is 131 Å². The van der Waals surface area contributed by atoms with Crippen molar-refractivity contribution in [2.45, 2.75) is 57.6 Å². The van der Waals surface area contributed by atoms with E-state index in [1.807, 2.05) is 0 Å². The first kappa shape index (κ1) is 32.3. The van der Waals surface area contributed by atoms with Crippen LogP contribution in [0.2, 0.25) is 19.1 Å². The minimum Gasteiger partial charge on any atom is -0.404 e. The van der Waals surface area contributed by atoms with E-state index >= 15 is 0 Å². The highest BCUT2D eigenvalue weighted by molar-refractivity contribution is 8.33. The summed E-state index contributed by atoms with van der Waals surface area (Å²) < 4.78 is 17.7. The Morgan fingerprint density at radius 2 is 1.22 bits per heavy atom. The maximum absolute atomic E-state index is 7.68. The molecule has 2 atom stereocenters. The number of hydrogen-bond donors (Lipinski definition) is 0. The van der Waals surface area contributed by atoms with Gasteiger partial charge in [0.25, 0.3) is 0 Å². The molecule has 1 aliphatic rings. The Hall–Kier alpha value is -3.89. The third kappa shape index (κ3) is 5.24. The SMILES string of the molecule is CCCS(C)(CC)c1cc2ccccc2c2c1op(N1c3ccccc3Cc3ccccc31)oc1c([Si](C)(C)CC)cc3ccccc3c12. The Morgan fingerprint density at radius 3 is 1.82 bits per heavy atom. The molecule has 0 amide bonds. The van der Waals surface area contributed by atoms with Gasteiger partial charge in [0.2, 0.25) is 0 Å². The van der Waals surface area contributed by atoms with Gasteiger partial charge >= 0.3 is 8.16 Å². The molecule has 3 nitrogen and oxygen atoms in total. The fourth-order valence-corrected chi connectivity index (χ4v) is 14.0. The molecule has 7 aromatic rings. The van der Waals surface area contributed by atoms with Gasteiger partial charge in [0.05, 0.1) is 19.4 Å². The van der Waals surface area contributed by atoms with Crippen molar-refractivity contribution in [3.8, 4) is 0 Å². The molecule has 6 aromatic carbocycles. The molecule has 0 N–H and O–H groups in total. The molecule has 0 aliphatic carbocycles. The van der Waals surface area contributed by atoms with Gasteiger partial charge in [-0.05, 0) is 80.2 Å². The summed E-state index contributed by atoms with van der Waals surface area (Å²) in [5.74, 6) is 2.27. The highest BCUT2D eigenvalue weighted by Gasteiger charge is 2.32. The summed E-state index contributed by atoms with van der Waals surface area (Å²) in [6, 6.07) is 41.6. The maximum atomic E-state index is 7.68. The number of para-hydroxylation sites is 2. The average Bonchev–Trinajstić information content (AvgIpc) is 3.31. The maximum Gasteiger partial charge on any atom is 0.346 e. The number of benzene rings is 6. The van der Waals surface area contributed by atoms with Crippen molar-refractivity contribution in [2.75, 3.05) is 22.4 Å². The molecule has 250 valence electrons. The quantitative estimate of drug-likeness (QED) is 0.155. The number of hydrogen-bond acceptors (Lipinski definition) is 3. The van der Waals surface area contributed by atoms with Crippen LogP contribution in [0.5, 0.6) is 0 Å². The minimum atomic E-state index is -1.94. The monoisotopic (exact) mass is 699 g/mol. The van der Waals surface area contributed by atoms with Gasteiger partial charge in [-0.3, -0.25) is 0 Å². The molecule has 0 bridgehead atoms. The van der Waals surface area contributed by atoms with Gasteiger partial charge in [0.15, 0.2) is 5.58 Å². The average molecular weight is 700 g/mol. The summed E-state index contributed by atoms with van der Waals surface area (Å²) in [4.78, 5) is 1.37. The third-order valence-corrected chi connectivity index (χ3v) is 20.0. The van der Waals surface area contributed by atoms with Crippen LogP contribution in [-0.4, -0.2) is 25.8 Å². The highest BCUT2D eigenvalue weighted by atomic mass is 32.3. The third-order valence-electron chi connectivity index (χ3n) is 11.0. The van der Waals surface area contributed by atoms with Crippen LogP contribution in [0.25, 0.3) is 43.5 Å². The van der Waals surface area contributed by atoms with E-state index in [1.54, 1.807) is 0 Å². The van der Waals surface area contributed by atoms with Crippen molar-refractivity contribution in [3.63, 3.8) is 0 Å². The van der Waals surface area contributed by atoms with Gasteiger partial charge in [-0.25, -0.2) is 14.7 Å². The van der Waals surface area contributed by atoms with Crippen molar-refractivity contribution >= 4 is 86.3 Å². The molecule has 2 heterocycles. The van der Waals surface area contributed by atoms with E-state index < -0.39 is 26.3 Å². The van der Waals surface area contributed by atoms with Crippen LogP contribution in [0.4, 0.5) is 11.4 Å². The lowest BCUT2D eigenvalue weighted by molar-refractivity contribution is 0.636. The fraction of sp³-hybridized carbons (Fsp3) is 0.256. The molecule has 0 radical (unpaired) electrons. The summed E-state index contributed by atoms with van der Waals surface area (Å²) >= 11 is 0. The molecular formula is C43H46NO2PSSi. The molecule has 8 rings (SSSR count). The summed E-state index contributed by atoms with van der Waals surface area (Å²) in [5.41, 5.74) is 7.00. The molecule has 0 fully saturated rings. The summed E-state index contributed by atoms with van der Waals surface area (Å²) in [5, 5.41) is 8.79.